The van der Waals surface area contributed by atoms with Crippen molar-refractivity contribution in [1.82, 2.24) is 16.0 Å². The van der Waals surface area contributed by atoms with E-state index in [0.717, 1.165) is 0 Å². The molecule has 0 saturated heterocycles. The van der Waals surface area contributed by atoms with Crippen molar-refractivity contribution in [1.29, 1.82) is 0 Å². The maximum absolute atomic E-state index is 12.9. The highest BCUT2D eigenvalue weighted by molar-refractivity contribution is 5.94. The van der Waals surface area contributed by atoms with Gasteiger partial charge in [0.2, 0.25) is 17.7 Å². The Morgan fingerprint density at radius 3 is 1.81 bits per heavy atom. The number of aliphatic hydroxyl groups excluding tert-OH is 1. The number of carboxylic acid groups (broad SMARTS) is 2. The van der Waals surface area contributed by atoms with Crippen LogP contribution in [0.2, 0.25) is 0 Å². The number of rotatable bonds is 19. The fourth-order valence-electron chi connectivity index (χ4n) is 2.97. The van der Waals surface area contributed by atoms with Gasteiger partial charge in [0.15, 0.2) is 5.96 Å². The number of hydrogen-bond acceptors (Lipinski definition) is 9. The van der Waals surface area contributed by atoms with Gasteiger partial charge < -0.3 is 54.2 Å². The molecule has 14 N–H and O–H groups in total. The van der Waals surface area contributed by atoms with Gasteiger partial charge in [-0.15, -0.1) is 0 Å². The molecule has 0 aromatic rings. The van der Waals surface area contributed by atoms with Crippen molar-refractivity contribution in [2.24, 2.45) is 27.9 Å². The van der Waals surface area contributed by atoms with E-state index in [1.165, 1.54) is 0 Å². The van der Waals surface area contributed by atoms with E-state index in [4.69, 9.17) is 33.1 Å². The van der Waals surface area contributed by atoms with Gasteiger partial charge in [-0.1, -0.05) is 0 Å². The number of amides is 3. The van der Waals surface area contributed by atoms with E-state index in [1.54, 1.807) is 0 Å². The number of carboxylic acids is 2. The maximum Gasteiger partial charge on any atom is 0.326 e. The zero-order valence-electron chi connectivity index (χ0n) is 20.0. The lowest BCUT2D eigenvalue weighted by Crippen LogP contribution is -2.57. The largest absolute Gasteiger partial charge is 0.481 e. The van der Waals surface area contributed by atoms with E-state index in [-0.39, 0.29) is 38.2 Å². The van der Waals surface area contributed by atoms with Gasteiger partial charge in [0.05, 0.1) is 6.61 Å². The molecule has 0 heterocycles. The Kier molecular flexibility index (Phi) is 16.1. The highest BCUT2D eigenvalue weighted by atomic mass is 16.4. The van der Waals surface area contributed by atoms with Crippen LogP contribution < -0.4 is 38.9 Å². The number of aliphatic carboxylic acids is 2. The lowest BCUT2D eigenvalue weighted by atomic mass is 10.1. The molecule has 0 aliphatic carbocycles. The van der Waals surface area contributed by atoms with Crippen molar-refractivity contribution >= 4 is 35.6 Å². The predicted molar refractivity (Wildman–Crippen MR) is 128 cm³/mol. The molecule has 0 fully saturated rings. The van der Waals surface area contributed by atoms with Crippen molar-refractivity contribution in [2.45, 2.75) is 69.1 Å². The summed E-state index contributed by atoms with van der Waals surface area (Å²) in [5, 5.41) is 34.5. The molecule has 0 aromatic carbocycles. The number of nitrogens with one attached hydrogen (secondary N) is 3. The Bertz CT molecular complexity index is 775. The van der Waals surface area contributed by atoms with Crippen LogP contribution >= 0.6 is 0 Å². The molecule has 4 unspecified atom stereocenters. The summed E-state index contributed by atoms with van der Waals surface area (Å²) in [4.78, 5) is 64.2. The maximum atomic E-state index is 12.9. The van der Waals surface area contributed by atoms with Crippen molar-refractivity contribution in [2.75, 3.05) is 19.7 Å². The average Bonchev–Trinajstić information content (AvgIpc) is 2.81. The Hall–Kier alpha value is -3.50. The lowest BCUT2D eigenvalue weighted by Gasteiger charge is -2.25. The second kappa shape index (κ2) is 17.9. The third kappa shape index (κ3) is 14.0. The van der Waals surface area contributed by atoms with Gasteiger partial charge in [-0.25, -0.2) is 4.79 Å². The molecule has 0 bridgehead atoms. The van der Waals surface area contributed by atoms with Gasteiger partial charge in [-0.2, -0.15) is 0 Å². The van der Waals surface area contributed by atoms with Crippen molar-refractivity contribution in [3.8, 4) is 0 Å². The summed E-state index contributed by atoms with van der Waals surface area (Å²) in [7, 11) is 0. The molecule has 0 rings (SSSR count). The second-order valence-corrected chi connectivity index (χ2v) is 7.98. The third-order valence-electron chi connectivity index (χ3n) is 4.95. The summed E-state index contributed by atoms with van der Waals surface area (Å²) >= 11 is 0. The summed E-state index contributed by atoms with van der Waals surface area (Å²) in [6.07, 6.45) is 0.452. The highest BCUT2D eigenvalue weighted by Gasteiger charge is 2.30. The molecule has 4 atom stereocenters. The first-order valence-corrected chi connectivity index (χ1v) is 11.4. The quantitative estimate of drug-likeness (QED) is 0.0443. The third-order valence-corrected chi connectivity index (χ3v) is 4.95. The second-order valence-electron chi connectivity index (χ2n) is 7.98. The average molecular weight is 519 g/mol. The first-order chi connectivity index (χ1) is 16.9. The molecule has 36 heavy (non-hydrogen) atoms. The van der Waals surface area contributed by atoms with Crippen LogP contribution in [0.3, 0.4) is 0 Å². The van der Waals surface area contributed by atoms with E-state index in [2.05, 4.69) is 20.9 Å². The first kappa shape index (κ1) is 32.5. The van der Waals surface area contributed by atoms with Crippen LogP contribution in [0.5, 0.6) is 0 Å². The van der Waals surface area contributed by atoms with Crippen LogP contribution in [0.1, 0.15) is 44.9 Å². The van der Waals surface area contributed by atoms with E-state index in [1.807, 2.05) is 0 Å². The molecule has 0 aliphatic rings. The number of hydrogen-bond donors (Lipinski definition) is 10. The molecule has 0 saturated carbocycles. The molecular formula is C20H38N8O8. The van der Waals surface area contributed by atoms with Gasteiger partial charge in [-0.05, 0) is 45.1 Å². The first-order valence-electron chi connectivity index (χ1n) is 11.4. The topological polar surface area (TPSA) is 299 Å². The van der Waals surface area contributed by atoms with Gasteiger partial charge in [-0.3, -0.25) is 24.2 Å². The number of carbonyl (C=O) groups is 5. The molecule has 3 amide bonds. The Morgan fingerprint density at radius 1 is 0.778 bits per heavy atom. The monoisotopic (exact) mass is 518 g/mol. The number of nitrogens with two attached hydrogens (primary N) is 4. The molecular weight excluding hydrogens is 480 g/mol. The summed E-state index contributed by atoms with van der Waals surface area (Å²) < 4.78 is 0. The van der Waals surface area contributed by atoms with Gasteiger partial charge in [0.1, 0.15) is 24.2 Å². The lowest BCUT2D eigenvalue weighted by molar-refractivity contribution is -0.143. The molecule has 0 aromatic heterocycles. The summed E-state index contributed by atoms with van der Waals surface area (Å²) in [5.74, 6) is -5.30. The minimum absolute atomic E-state index is 0.0105. The van der Waals surface area contributed by atoms with Gasteiger partial charge in [0.25, 0.3) is 0 Å². The number of aliphatic hydroxyl groups is 1. The predicted octanol–water partition coefficient (Wildman–Crippen LogP) is -4.11. The number of carbonyl (C=O) groups excluding carboxylic acids is 3. The van der Waals surface area contributed by atoms with Crippen molar-refractivity contribution in [3.63, 3.8) is 0 Å². The van der Waals surface area contributed by atoms with Crippen LogP contribution in [0.15, 0.2) is 4.99 Å². The van der Waals surface area contributed by atoms with Crippen LogP contribution in [0.4, 0.5) is 0 Å². The fraction of sp³-hybridized carbons (Fsp3) is 0.700. The summed E-state index contributed by atoms with van der Waals surface area (Å²) in [5.41, 5.74) is 21.4. The summed E-state index contributed by atoms with van der Waals surface area (Å²) in [6, 6.07) is -5.22. The van der Waals surface area contributed by atoms with Crippen molar-refractivity contribution in [3.05, 3.63) is 0 Å². The van der Waals surface area contributed by atoms with Gasteiger partial charge in [0, 0.05) is 13.0 Å². The van der Waals surface area contributed by atoms with Crippen LogP contribution in [-0.2, 0) is 24.0 Å². The smallest absolute Gasteiger partial charge is 0.326 e. The molecule has 206 valence electrons. The molecule has 0 aliphatic heterocycles. The minimum Gasteiger partial charge on any atom is -0.481 e. The molecule has 0 spiro atoms. The van der Waals surface area contributed by atoms with Crippen LogP contribution in [-0.4, -0.2) is 94.8 Å². The molecule has 16 nitrogen and oxygen atoms in total. The molecule has 0 radical (unpaired) electrons. The van der Waals surface area contributed by atoms with E-state index in [9.17, 15) is 29.1 Å². The number of unbranched alkanes of at least 4 members (excludes halogenated alkanes) is 1. The Labute approximate surface area is 208 Å². The number of guanidine groups is 1. The van der Waals surface area contributed by atoms with Crippen LogP contribution in [0, 0.1) is 0 Å². The fourth-order valence-corrected chi connectivity index (χ4v) is 2.97. The Balaban J connectivity index is 5.57. The van der Waals surface area contributed by atoms with E-state index >= 15 is 0 Å². The van der Waals surface area contributed by atoms with E-state index < -0.39 is 66.9 Å². The SMILES string of the molecule is NCCCCC(NC(=O)C(CCC(=O)O)NC(=O)C(CCCN=C(N)N)NC(=O)C(N)CO)C(=O)O. The van der Waals surface area contributed by atoms with Gasteiger partial charge >= 0.3 is 11.9 Å². The zero-order valence-corrected chi connectivity index (χ0v) is 20.0. The highest BCUT2D eigenvalue weighted by Crippen LogP contribution is 2.06. The van der Waals surface area contributed by atoms with Crippen molar-refractivity contribution < 1.29 is 39.3 Å². The summed E-state index contributed by atoms with van der Waals surface area (Å²) in [6.45, 7) is -0.216. The minimum atomic E-state index is -1.41. The standard InChI is InChI=1S/C20H38N8O8/c21-8-2-1-4-14(19(35)36)28-18(34)13(6-7-15(30)31)27-17(33)12(5-3-9-25-20(23)24)26-16(32)11(22)10-29/h11-14,29H,1-10,21-22H2,(H,26,32)(H,27,33)(H,28,34)(H,30,31)(H,35,36)(H4,23,24,25). The van der Waals surface area contributed by atoms with Crippen LogP contribution in [0.25, 0.3) is 0 Å². The number of nitrogens with zero attached hydrogens (tertiary/aromatic N) is 1. The normalized spacial score (nSPS) is 14.0. The molecule has 16 heteroatoms. The Morgan fingerprint density at radius 2 is 1.31 bits per heavy atom. The van der Waals surface area contributed by atoms with E-state index in [0.29, 0.717) is 19.4 Å². The number of aliphatic imine (C=N–C) groups is 1. The zero-order chi connectivity index (χ0) is 27.7.